The molecule has 128 valence electrons. The highest BCUT2D eigenvalue weighted by Crippen LogP contribution is 2.35. The lowest BCUT2D eigenvalue weighted by atomic mass is 10.0. The van der Waals surface area contributed by atoms with Crippen LogP contribution in [0, 0.1) is 13.8 Å². The van der Waals surface area contributed by atoms with Gasteiger partial charge in [-0.15, -0.1) is 0 Å². The monoisotopic (exact) mass is 346 g/mol. The zero-order chi connectivity index (χ0) is 17.1. The van der Waals surface area contributed by atoms with E-state index in [9.17, 15) is 4.79 Å². The van der Waals surface area contributed by atoms with Crippen LogP contribution in [0.5, 0.6) is 0 Å². The van der Waals surface area contributed by atoms with E-state index in [4.69, 9.17) is 9.26 Å². The fourth-order valence-corrected chi connectivity index (χ4v) is 4.43. The molecule has 0 unspecified atom stereocenters. The maximum absolute atomic E-state index is 12.3. The highest BCUT2D eigenvalue weighted by Gasteiger charge is 2.37. The van der Waals surface area contributed by atoms with E-state index in [-0.39, 0.29) is 18.1 Å². The maximum atomic E-state index is 12.3. The number of ether oxygens (including phenoxy) is 1. The quantitative estimate of drug-likeness (QED) is 0.793. The molecular weight excluding hydrogens is 324 g/mol. The van der Waals surface area contributed by atoms with Crippen molar-refractivity contribution in [3.63, 3.8) is 0 Å². The van der Waals surface area contributed by atoms with Crippen LogP contribution in [0.25, 0.3) is 0 Å². The smallest absolute Gasteiger partial charge is 0.323 e. The lowest BCUT2D eigenvalue weighted by molar-refractivity contribution is -0.147. The second-order valence-electron chi connectivity index (χ2n) is 5.98. The van der Waals surface area contributed by atoms with Crippen LogP contribution in [0.4, 0.5) is 0 Å². The van der Waals surface area contributed by atoms with Crippen molar-refractivity contribution in [1.82, 2.24) is 10.1 Å². The number of hydrogen-bond acceptors (Lipinski definition) is 6. The normalized spacial score (nSPS) is 21.6. The van der Waals surface area contributed by atoms with Crippen LogP contribution in [-0.2, 0) is 16.1 Å². The molecule has 5 nitrogen and oxygen atoms in total. The van der Waals surface area contributed by atoms with Crippen LogP contribution in [0.1, 0.15) is 28.6 Å². The third-order valence-corrected chi connectivity index (χ3v) is 5.63. The minimum absolute atomic E-state index is 0.155. The SMILES string of the molecule is COC(=O)[C@H]1CSC[C@H](c2ccccc2)N1Cc1c(C)noc1C. The first kappa shape index (κ1) is 17.0. The van der Waals surface area contributed by atoms with Gasteiger partial charge in [0.05, 0.1) is 12.8 Å². The van der Waals surface area contributed by atoms with Crippen molar-refractivity contribution in [2.24, 2.45) is 0 Å². The molecule has 0 spiro atoms. The Kier molecular flexibility index (Phi) is 5.26. The van der Waals surface area contributed by atoms with E-state index in [0.29, 0.717) is 6.54 Å². The molecule has 3 rings (SSSR count). The number of aryl methyl sites for hydroxylation is 2. The Labute approximate surface area is 146 Å². The van der Waals surface area contributed by atoms with Crippen molar-refractivity contribution in [3.8, 4) is 0 Å². The number of rotatable bonds is 4. The Morgan fingerprint density at radius 2 is 2.08 bits per heavy atom. The third kappa shape index (κ3) is 3.35. The molecule has 1 fully saturated rings. The molecule has 2 atom stereocenters. The predicted molar refractivity (Wildman–Crippen MR) is 93.8 cm³/mol. The predicted octanol–water partition coefficient (Wildman–Crippen LogP) is 3.12. The molecule has 0 bridgehead atoms. The molecule has 0 N–H and O–H groups in total. The summed E-state index contributed by atoms with van der Waals surface area (Å²) in [6.45, 7) is 4.48. The summed E-state index contributed by atoms with van der Waals surface area (Å²) in [7, 11) is 1.45. The Hall–Kier alpha value is -1.79. The molecule has 0 saturated carbocycles. The van der Waals surface area contributed by atoms with Gasteiger partial charge >= 0.3 is 5.97 Å². The van der Waals surface area contributed by atoms with Gasteiger partial charge in [0.2, 0.25) is 0 Å². The summed E-state index contributed by atoms with van der Waals surface area (Å²) in [5, 5.41) is 4.05. The first-order chi connectivity index (χ1) is 11.6. The van der Waals surface area contributed by atoms with Crippen molar-refractivity contribution < 1.29 is 14.1 Å². The summed E-state index contributed by atoms with van der Waals surface area (Å²) < 4.78 is 10.4. The standard InChI is InChI=1S/C18H22N2O3S/c1-12-15(13(2)23-19-12)9-20-16(14-7-5-4-6-8-14)10-24-11-17(20)18(21)22-3/h4-8,16-17H,9-11H2,1-3H3/t16-,17-/m1/s1. The average Bonchev–Trinajstić information content (AvgIpc) is 2.94. The van der Waals surface area contributed by atoms with Gasteiger partial charge in [0.25, 0.3) is 0 Å². The van der Waals surface area contributed by atoms with E-state index in [1.165, 1.54) is 12.7 Å². The van der Waals surface area contributed by atoms with Crippen molar-refractivity contribution in [2.75, 3.05) is 18.6 Å². The van der Waals surface area contributed by atoms with E-state index in [0.717, 1.165) is 28.5 Å². The number of aromatic nitrogens is 1. The summed E-state index contributed by atoms with van der Waals surface area (Å²) in [4.78, 5) is 14.6. The first-order valence-corrected chi connectivity index (χ1v) is 9.15. The molecule has 1 saturated heterocycles. The van der Waals surface area contributed by atoms with E-state index >= 15 is 0 Å². The topological polar surface area (TPSA) is 55.6 Å². The molecule has 0 amide bonds. The van der Waals surface area contributed by atoms with Crippen molar-refractivity contribution in [3.05, 3.63) is 52.9 Å². The number of benzene rings is 1. The fourth-order valence-electron chi connectivity index (χ4n) is 3.13. The van der Waals surface area contributed by atoms with Crippen LogP contribution in [-0.4, -0.2) is 40.7 Å². The largest absolute Gasteiger partial charge is 0.468 e. The number of esters is 1. The lowest BCUT2D eigenvalue weighted by Crippen LogP contribution is -2.49. The first-order valence-electron chi connectivity index (χ1n) is 7.99. The summed E-state index contributed by atoms with van der Waals surface area (Å²) in [6.07, 6.45) is 0. The Balaban J connectivity index is 1.96. The van der Waals surface area contributed by atoms with E-state index in [2.05, 4.69) is 22.2 Å². The van der Waals surface area contributed by atoms with Crippen molar-refractivity contribution in [1.29, 1.82) is 0 Å². The molecule has 2 heterocycles. The number of hydrogen-bond donors (Lipinski definition) is 0. The minimum atomic E-state index is -0.271. The van der Waals surface area contributed by atoms with Gasteiger partial charge in [0.15, 0.2) is 0 Å². The molecule has 0 radical (unpaired) electrons. The van der Waals surface area contributed by atoms with Gasteiger partial charge in [0.1, 0.15) is 11.8 Å². The Morgan fingerprint density at radius 3 is 2.71 bits per heavy atom. The van der Waals surface area contributed by atoms with Crippen LogP contribution in [0.2, 0.25) is 0 Å². The van der Waals surface area contributed by atoms with Gasteiger partial charge in [-0.25, -0.2) is 0 Å². The molecule has 1 aliphatic heterocycles. The molecule has 1 aromatic heterocycles. The Morgan fingerprint density at radius 1 is 1.33 bits per heavy atom. The summed E-state index contributed by atoms with van der Waals surface area (Å²) >= 11 is 1.79. The molecule has 2 aromatic rings. The highest BCUT2D eigenvalue weighted by atomic mass is 32.2. The van der Waals surface area contributed by atoms with Crippen LogP contribution >= 0.6 is 11.8 Å². The summed E-state index contributed by atoms with van der Waals surface area (Å²) in [5.74, 6) is 2.30. The molecule has 6 heteroatoms. The van der Waals surface area contributed by atoms with E-state index in [1.807, 2.05) is 32.0 Å². The number of carbonyl (C=O) groups excluding carboxylic acids is 1. The number of thioether (sulfide) groups is 1. The minimum Gasteiger partial charge on any atom is -0.468 e. The van der Waals surface area contributed by atoms with Crippen molar-refractivity contribution >= 4 is 17.7 Å². The second-order valence-corrected chi connectivity index (χ2v) is 7.05. The second kappa shape index (κ2) is 7.40. The molecule has 0 aliphatic carbocycles. The molecule has 1 aromatic carbocycles. The molecule has 24 heavy (non-hydrogen) atoms. The van der Waals surface area contributed by atoms with Crippen LogP contribution in [0.3, 0.4) is 0 Å². The van der Waals surface area contributed by atoms with Crippen LogP contribution in [0.15, 0.2) is 34.9 Å². The lowest BCUT2D eigenvalue weighted by Gasteiger charge is -2.40. The molecular formula is C18H22N2O3S. The highest BCUT2D eigenvalue weighted by molar-refractivity contribution is 7.99. The van der Waals surface area contributed by atoms with Crippen LogP contribution < -0.4 is 0 Å². The zero-order valence-electron chi connectivity index (χ0n) is 14.2. The van der Waals surface area contributed by atoms with Gasteiger partial charge in [-0.3, -0.25) is 9.69 Å². The summed E-state index contributed by atoms with van der Waals surface area (Å²) in [6, 6.07) is 10.2. The van der Waals surface area contributed by atoms with Crippen molar-refractivity contribution in [2.45, 2.75) is 32.5 Å². The van der Waals surface area contributed by atoms with Gasteiger partial charge in [-0.1, -0.05) is 35.5 Å². The van der Waals surface area contributed by atoms with E-state index in [1.54, 1.807) is 11.8 Å². The van der Waals surface area contributed by atoms with Gasteiger partial charge in [-0.05, 0) is 19.4 Å². The fraction of sp³-hybridized carbons (Fsp3) is 0.444. The number of nitrogens with zero attached hydrogens (tertiary/aromatic N) is 2. The maximum Gasteiger partial charge on any atom is 0.323 e. The van der Waals surface area contributed by atoms with Gasteiger partial charge in [-0.2, -0.15) is 11.8 Å². The van der Waals surface area contributed by atoms with Gasteiger partial charge < -0.3 is 9.26 Å². The third-order valence-electron chi connectivity index (χ3n) is 4.53. The number of carbonyl (C=O) groups is 1. The number of methoxy groups -OCH3 is 1. The van der Waals surface area contributed by atoms with E-state index < -0.39 is 0 Å². The summed E-state index contributed by atoms with van der Waals surface area (Å²) in [5.41, 5.74) is 3.14. The Bertz CT molecular complexity index is 682. The average molecular weight is 346 g/mol. The zero-order valence-corrected chi connectivity index (χ0v) is 15.0. The molecule has 1 aliphatic rings. The van der Waals surface area contributed by atoms with Gasteiger partial charge in [0, 0.05) is 29.7 Å².